The molecule has 0 spiro atoms. The lowest BCUT2D eigenvalue weighted by molar-refractivity contribution is -0.0449. The van der Waals surface area contributed by atoms with Crippen LogP contribution >= 0.6 is 0 Å². The van der Waals surface area contributed by atoms with Gasteiger partial charge in [0.15, 0.2) is 0 Å². The van der Waals surface area contributed by atoms with E-state index in [9.17, 15) is 0 Å². The number of aryl methyl sites for hydroxylation is 1. The van der Waals surface area contributed by atoms with E-state index in [0.29, 0.717) is 18.1 Å². The molecule has 2 fully saturated rings. The highest BCUT2D eigenvalue weighted by Crippen LogP contribution is 2.27. The van der Waals surface area contributed by atoms with Crippen LogP contribution in [-0.2, 0) is 15.9 Å². The molecule has 0 radical (unpaired) electrons. The number of ether oxygens (including phenoxy) is 2. The lowest BCUT2D eigenvalue weighted by atomic mass is 9.86. The Morgan fingerprint density at radius 2 is 2.05 bits per heavy atom. The molecular formula is C19H29NO2. The number of methoxy groups -OCH3 is 1. The van der Waals surface area contributed by atoms with Crippen molar-refractivity contribution in [3.8, 4) is 0 Å². The summed E-state index contributed by atoms with van der Waals surface area (Å²) in [6.45, 7) is 6.31. The van der Waals surface area contributed by atoms with E-state index in [1.165, 1.54) is 36.9 Å². The lowest BCUT2D eigenvalue weighted by Crippen LogP contribution is -2.51. The van der Waals surface area contributed by atoms with Crippen LogP contribution in [0.2, 0.25) is 0 Å². The number of hydrogen-bond donors (Lipinski definition) is 0. The lowest BCUT2D eigenvalue weighted by Gasteiger charge is -2.43. The van der Waals surface area contributed by atoms with E-state index in [-0.39, 0.29) is 0 Å². The van der Waals surface area contributed by atoms with Gasteiger partial charge in [-0.3, -0.25) is 4.90 Å². The zero-order valence-corrected chi connectivity index (χ0v) is 14.0. The Kier molecular flexibility index (Phi) is 5.51. The van der Waals surface area contributed by atoms with Gasteiger partial charge in [0, 0.05) is 32.9 Å². The molecule has 22 heavy (non-hydrogen) atoms. The largest absolute Gasteiger partial charge is 0.381 e. The highest BCUT2D eigenvalue weighted by molar-refractivity contribution is 5.22. The third-order valence-electron chi connectivity index (χ3n) is 5.32. The van der Waals surface area contributed by atoms with E-state index in [1.807, 2.05) is 7.11 Å². The van der Waals surface area contributed by atoms with Crippen molar-refractivity contribution < 1.29 is 9.47 Å². The van der Waals surface area contributed by atoms with Crippen LogP contribution in [0.15, 0.2) is 24.3 Å². The number of likely N-dealkylation sites (tertiary alicyclic amines) is 1. The average Bonchev–Trinajstić information content (AvgIpc) is 2.56. The minimum atomic E-state index is 0.358. The Hall–Kier alpha value is -0.900. The molecule has 2 heterocycles. The molecule has 3 nitrogen and oxygen atoms in total. The Morgan fingerprint density at radius 1 is 1.23 bits per heavy atom. The van der Waals surface area contributed by atoms with E-state index in [0.717, 1.165) is 26.2 Å². The van der Waals surface area contributed by atoms with Crippen molar-refractivity contribution in [2.75, 3.05) is 33.4 Å². The van der Waals surface area contributed by atoms with Gasteiger partial charge in [-0.15, -0.1) is 0 Å². The zero-order valence-electron chi connectivity index (χ0n) is 14.0. The average molecular weight is 303 g/mol. The quantitative estimate of drug-likeness (QED) is 0.853. The highest BCUT2D eigenvalue weighted by Gasteiger charge is 2.33. The summed E-state index contributed by atoms with van der Waals surface area (Å²) in [7, 11) is 1.88. The predicted octanol–water partition coefficient (Wildman–Crippen LogP) is 3.05. The number of nitrogens with zero attached hydrogens (tertiary/aromatic N) is 1. The summed E-state index contributed by atoms with van der Waals surface area (Å²) >= 11 is 0. The van der Waals surface area contributed by atoms with E-state index in [1.54, 1.807) is 0 Å². The Labute approximate surface area is 134 Å². The fourth-order valence-electron chi connectivity index (χ4n) is 4.01. The maximum absolute atomic E-state index is 5.85. The minimum absolute atomic E-state index is 0.358. The summed E-state index contributed by atoms with van der Waals surface area (Å²) < 4.78 is 11.4. The Bertz CT molecular complexity index is 470. The Balaban J connectivity index is 1.60. The molecule has 0 unspecified atom stereocenters. The molecule has 0 amide bonds. The number of hydrogen-bond acceptors (Lipinski definition) is 3. The van der Waals surface area contributed by atoms with E-state index >= 15 is 0 Å². The first-order chi connectivity index (χ1) is 10.8. The first-order valence-corrected chi connectivity index (χ1v) is 8.66. The summed E-state index contributed by atoms with van der Waals surface area (Å²) in [4.78, 5) is 2.64. The van der Waals surface area contributed by atoms with E-state index in [2.05, 4.69) is 36.1 Å². The van der Waals surface area contributed by atoms with Crippen LogP contribution in [-0.4, -0.2) is 50.5 Å². The van der Waals surface area contributed by atoms with Crippen LogP contribution in [0.4, 0.5) is 0 Å². The molecule has 0 saturated carbocycles. The van der Waals surface area contributed by atoms with Gasteiger partial charge in [0.25, 0.3) is 0 Å². The first-order valence-electron chi connectivity index (χ1n) is 8.66. The fraction of sp³-hybridized carbons (Fsp3) is 0.684. The van der Waals surface area contributed by atoms with Crippen molar-refractivity contribution in [1.82, 2.24) is 4.90 Å². The number of rotatable bonds is 4. The normalized spacial score (nSPS) is 27.9. The summed E-state index contributed by atoms with van der Waals surface area (Å²) in [6, 6.07) is 9.61. The maximum atomic E-state index is 5.85. The van der Waals surface area contributed by atoms with Gasteiger partial charge in [-0.1, -0.05) is 29.8 Å². The van der Waals surface area contributed by atoms with Gasteiger partial charge in [0.1, 0.15) is 0 Å². The standard InChI is InChI=1S/C19H29NO2/c1-15-4-3-5-16(12-15)13-17-6-9-20(14-19(17)21-2)18-7-10-22-11-8-18/h3-5,12,17-19H,6-11,13-14H2,1-2H3/t17-,19+/m1/s1. The molecule has 2 saturated heterocycles. The van der Waals surface area contributed by atoms with Gasteiger partial charge in [0.05, 0.1) is 6.10 Å². The molecule has 1 aromatic rings. The summed E-state index contributed by atoms with van der Waals surface area (Å²) in [5, 5.41) is 0. The molecule has 0 aromatic heterocycles. The van der Waals surface area contributed by atoms with Crippen LogP contribution < -0.4 is 0 Å². The highest BCUT2D eigenvalue weighted by atomic mass is 16.5. The predicted molar refractivity (Wildman–Crippen MR) is 89.2 cm³/mol. The monoisotopic (exact) mass is 303 g/mol. The van der Waals surface area contributed by atoms with Crippen LogP contribution in [0.25, 0.3) is 0 Å². The second-order valence-electron chi connectivity index (χ2n) is 6.85. The summed E-state index contributed by atoms with van der Waals surface area (Å²) in [5.74, 6) is 0.642. The number of piperidine rings is 1. The van der Waals surface area contributed by atoms with E-state index in [4.69, 9.17) is 9.47 Å². The van der Waals surface area contributed by atoms with Gasteiger partial charge in [-0.05, 0) is 50.6 Å². The van der Waals surface area contributed by atoms with Gasteiger partial charge < -0.3 is 9.47 Å². The molecule has 2 aliphatic heterocycles. The molecule has 1 aromatic carbocycles. The van der Waals surface area contributed by atoms with Gasteiger partial charge in [-0.2, -0.15) is 0 Å². The van der Waals surface area contributed by atoms with Crippen LogP contribution in [0, 0.1) is 12.8 Å². The van der Waals surface area contributed by atoms with Gasteiger partial charge in [0.2, 0.25) is 0 Å². The Morgan fingerprint density at radius 3 is 2.77 bits per heavy atom. The third-order valence-corrected chi connectivity index (χ3v) is 5.32. The third kappa shape index (κ3) is 3.89. The molecule has 2 atom stereocenters. The van der Waals surface area contributed by atoms with Crippen LogP contribution in [0.5, 0.6) is 0 Å². The fourth-order valence-corrected chi connectivity index (χ4v) is 4.01. The molecule has 0 aliphatic carbocycles. The summed E-state index contributed by atoms with van der Waals surface area (Å²) in [6.07, 6.45) is 5.10. The molecule has 3 heteroatoms. The van der Waals surface area contributed by atoms with Crippen LogP contribution in [0.1, 0.15) is 30.4 Å². The van der Waals surface area contributed by atoms with E-state index < -0.39 is 0 Å². The zero-order chi connectivity index (χ0) is 15.4. The molecule has 3 rings (SSSR count). The van der Waals surface area contributed by atoms with Crippen molar-refractivity contribution in [2.24, 2.45) is 5.92 Å². The summed E-state index contributed by atoms with van der Waals surface area (Å²) in [5.41, 5.74) is 2.80. The smallest absolute Gasteiger partial charge is 0.0730 e. The van der Waals surface area contributed by atoms with Gasteiger partial charge in [-0.25, -0.2) is 0 Å². The second-order valence-corrected chi connectivity index (χ2v) is 6.85. The molecule has 0 N–H and O–H groups in total. The maximum Gasteiger partial charge on any atom is 0.0730 e. The van der Waals surface area contributed by atoms with Crippen molar-refractivity contribution >= 4 is 0 Å². The SMILES string of the molecule is CO[C@H]1CN(C2CCOCC2)CC[C@@H]1Cc1cccc(C)c1. The first kappa shape index (κ1) is 16.0. The van der Waals surface area contributed by atoms with Crippen LogP contribution in [0.3, 0.4) is 0 Å². The molecule has 2 aliphatic rings. The van der Waals surface area contributed by atoms with Crippen molar-refractivity contribution in [3.63, 3.8) is 0 Å². The second kappa shape index (κ2) is 7.58. The van der Waals surface area contributed by atoms with Crippen molar-refractivity contribution in [2.45, 2.75) is 44.8 Å². The molecule has 122 valence electrons. The van der Waals surface area contributed by atoms with Crippen molar-refractivity contribution in [1.29, 1.82) is 0 Å². The van der Waals surface area contributed by atoms with Crippen molar-refractivity contribution in [3.05, 3.63) is 35.4 Å². The number of benzene rings is 1. The van der Waals surface area contributed by atoms with Gasteiger partial charge >= 0.3 is 0 Å². The molecular weight excluding hydrogens is 274 g/mol. The topological polar surface area (TPSA) is 21.7 Å². The molecule has 0 bridgehead atoms. The minimum Gasteiger partial charge on any atom is -0.381 e.